The maximum absolute atomic E-state index is 12.1. The molecule has 0 heterocycles. The van der Waals surface area contributed by atoms with Gasteiger partial charge < -0.3 is 15.2 Å². The monoisotopic (exact) mass is 379 g/mol. The van der Waals surface area contributed by atoms with Crippen molar-refractivity contribution in [2.45, 2.75) is 12.5 Å². The first-order valence-electron chi connectivity index (χ1n) is 8.69. The number of alkyl carbamates (subject to hydrolysis) is 1. The van der Waals surface area contributed by atoms with Crippen molar-refractivity contribution in [1.82, 2.24) is 5.32 Å². The highest BCUT2D eigenvalue weighted by molar-refractivity contribution is 6.30. The second-order valence-corrected chi connectivity index (χ2v) is 6.89. The van der Waals surface area contributed by atoms with E-state index in [4.69, 9.17) is 16.3 Å². The van der Waals surface area contributed by atoms with E-state index in [1.807, 2.05) is 24.3 Å². The van der Waals surface area contributed by atoms with Crippen LogP contribution < -0.4 is 5.32 Å². The van der Waals surface area contributed by atoms with E-state index >= 15 is 0 Å². The molecule has 1 aliphatic carbocycles. The molecule has 1 aliphatic rings. The number of fused-ring (bicyclic) bond motifs is 3. The topological polar surface area (TPSA) is 58.6 Å². The largest absolute Gasteiger partial charge is 0.508 e. The summed E-state index contributed by atoms with van der Waals surface area (Å²) in [5.74, 6) is 0.0982. The maximum atomic E-state index is 12.1. The van der Waals surface area contributed by atoms with Crippen LogP contribution in [0.15, 0.2) is 66.7 Å². The molecule has 3 aromatic carbocycles. The Balaban J connectivity index is 1.43. The summed E-state index contributed by atoms with van der Waals surface area (Å²) in [6.07, 6.45) is -0.531. The number of ether oxygens (including phenoxy) is 1. The molecule has 5 heteroatoms. The fourth-order valence-corrected chi connectivity index (χ4v) is 3.71. The van der Waals surface area contributed by atoms with Gasteiger partial charge in [0.2, 0.25) is 0 Å². The molecule has 3 aromatic rings. The van der Waals surface area contributed by atoms with Gasteiger partial charge in [0, 0.05) is 23.0 Å². The second kappa shape index (κ2) is 7.33. The highest BCUT2D eigenvalue weighted by Crippen LogP contribution is 2.44. The van der Waals surface area contributed by atoms with Gasteiger partial charge in [0.1, 0.15) is 12.4 Å². The molecule has 0 fully saturated rings. The molecule has 0 aromatic heterocycles. The first-order valence-corrected chi connectivity index (χ1v) is 9.07. The molecule has 0 radical (unpaired) electrons. The Kier molecular flexibility index (Phi) is 4.73. The van der Waals surface area contributed by atoms with Gasteiger partial charge in [-0.25, -0.2) is 4.79 Å². The lowest BCUT2D eigenvalue weighted by molar-refractivity contribution is 0.142. The molecule has 4 rings (SSSR count). The number of carbonyl (C=O) groups excluding carboxylic acids is 1. The minimum atomic E-state index is -0.531. The first kappa shape index (κ1) is 17.4. The molecule has 4 nitrogen and oxygen atoms in total. The van der Waals surface area contributed by atoms with Crippen molar-refractivity contribution in [3.05, 3.63) is 88.4 Å². The number of phenols is 1. The lowest BCUT2D eigenvalue weighted by Crippen LogP contribution is -2.25. The van der Waals surface area contributed by atoms with Crippen LogP contribution >= 0.6 is 11.6 Å². The fourth-order valence-electron chi connectivity index (χ4n) is 3.51. The van der Waals surface area contributed by atoms with Gasteiger partial charge >= 0.3 is 6.09 Å². The number of amides is 1. The summed E-state index contributed by atoms with van der Waals surface area (Å²) in [7, 11) is 0. The van der Waals surface area contributed by atoms with Crippen LogP contribution in [-0.2, 0) is 11.3 Å². The lowest BCUT2D eigenvalue weighted by Gasteiger charge is -2.15. The molecule has 0 atom stereocenters. The van der Waals surface area contributed by atoms with Gasteiger partial charge in [-0.2, -0.15) is 0 Å². The Hall–Kier alpha value is -2.98. The highest BCUT2D eigenvalue weighted by atomic mass is 35.5. The van der Waals surface area contributed by atoms with E-state index in [-0.39, 0.29) is 24.8 Å². The van der Waals surface area contributed by atoms with E-state index < -0.39 is 6.09 Å². The van der Waals surface area contributed by atoms with E-state index in [0.29, 0.717) is 10.6 Å². The Bertz CT molecular complexity index is 957. The summed E-state index contributed by atoms with van der Waals surface area (Å²) in [6.45, 7) is 0.393. The van der Waals surface area contributed by atoms with Gasteiger partial charge in [0.05, 0.1) is 0 Å². The summed E-state index contributed by atoms with van der Waals surface area (Å²) < 4.78 is 5.47. The average Bonchev–Trinajstić information content (AvgIpc) is 3.01. The molecule has 0 saturated heterocycles. The average molecular weight is 380 g/mol. The molecule has 1 amide bonds. The van der Waals surface area contributed by atoms with Gasteiger partial charge in [-0.15, -0.1) is 0 Å². The number of carbonyl (C=O) groups is 1. The quantitative estimate of drug-likeness (QED) is 0.664. The Morgan fingerprint density at radius 2 is 1.63 bits per heavy atom. The van der Waals surface area contributed by atoms with Crippen LogP contribution in [0.1, 0.15) is 22.6 Å². The first-order chi connectivity index (χ1) is 13.1. The highest BCUT2D eigenvalue weighted by Gasteiger charge is 2.28. The van der Waals surface area contributed by atoms with Crippen molar-refractivity contribution in [1.29, 1.82) is 0 Å². The predicted molar refractivity (Wildman–Crippen MR) is 105 cm³/mol. The van der Waals surface area contributed by atoms with Gasteiger partial charge in [0.15, 0.2) is 0 Å². The smallest absolute Gasteiger partial charge is 0.407 e. The predicted octanol–water partition coefficient (Wildman–Crippen LogP) is 5.08. The Labute approximate surface area is 162 Å². The van der Waals surface area contributed by atoms with Gasteiger partial charge in [-0.3, -0.25) is 0 Å². The molecular formula is C22H18ClNO3. The van der Waals surface area contributed by atoms with E-state index in [0.717, 1.165) is 0 Å². The van der Waals surface area contributed by atoms with Crippen LogP contribution in [-0.4, -0.2) is 17.8 Å². The number of hydrogen-bond donors (Lipinski definition) is 2. The van der Waals surface area contributed by atoms with Crippen molar-refractivity contribution < 1.29 is 14.6 Å². The van der Waals surface area contributed by atoms with Crippen LogP contribution in [0.2, 0.25) is 5.02 Å². The maximum Gasteiger partial charge on any atom is 0.407 e. The van der Waals surface area contributed by atoms with Gasteiger partial charge in [-0.1, -0.05) is 60.1 Å². The number of benzene rings is 3. The number of nitrogens with one attached hydrogen (secondary N) is 1. The Morgan fingerprint density at radius 1 is 1.00 bits per heavy atom. The minimum absolute atomic E-state index is 0.0164. The standard InChI is InChI=1S/C22H18ClNO3/c23-15-9-10-21(25)14(11-15)12-24-22(26)27-13-20-18-7-3-1-5-16(18)17-6-2-4-8-19(17)20/h1-11,20,25H,12-13H2,(H,24,26). The summed E-state index contributed by atoms with van der Waals surface area (Å²) >= 11 is 5.92. The molecule has 0 unspecified atom stereocenters. The molecule has 0 spiro atoms. The molecule has 0 bridgehead atoms. The number of rotatable bonds is 4. The second-order valence-electron chi connectivity index (χ2n) is 6.45. The zero-order valence-electron chi connectivity index (χ0n) is 14.5. The van der Waals surface area contributed by atoms with Crippen LogP contribution in [0, 0.1) is 0 Å². The molecule has 136 valence electrons. The van der Waals surface area contributed by atoms with Gasteiger partial charge in [-0.05, 0) is 40.5 Å². The summed E-state index contributed by atoms with van der Waals surface area (Å²) in [5, 5.41) is 13.0. The fraction of sp³-hybridized carbons (Fsp3) is 0.136. The molecule has 0 saturated carbocycles. The zero-order valence-corrected chi connectivity index (χ0v) is 15.2. The Morgan fingerprint density at radius 3 is 2.30 bits per heavy atom. The molecule has 27 heavy (non-hydrogen) atoms. The third kappa shape index (κ3) is 3.49. The molecular weight excluding hydrogens is 362 g/mol. The SMILES string of the molecule is O=C(NCc1cc(Cl)ccc1O)OCC1c2ccccc2-c2ccccc21. The van der Waals surface area contributed by atoms with Crippen molar-refractivity contribution >= 4 is 17.7 Å². The number of aromatic hydroxyl groups is 1. The van der Waals surface area contributed by atoms with E-state index in [1.54, 1.807) is 12.1 Å². The normalized spacial score (nSPS) is 12.3. The number of halogens is 1. The van der Waals surface area contributed by atoms with Crippen LogP contribution in [0.5, 0.6) is 5.75 Å². The van der Waals surface area contributed by atoms with Crippen LogP contribution in [0.4, 0.5) is 4.79 Å². The van der Waals surface area contributed by atoms with E-state index in [2.05, 4.69) is 29.6 Å². The van der Waals surface area contributed by atoms with E-state index in [1.165, 1.54) is 28.3 Å². The molecule has 0 aliphatic heterocycles. The van der Waals surface area contributed by atoms with Crippen molar-refractivity contribution in [2.75, 3.05) is 6.61 Å². The summed E-state index contributed by atoms with van der Waals surface area (Å²) in [5.41, 5.74) is 5.24. The third-order valence-electron chi connectivity index (χ3n) is 4.81. The van der Waals surface area contributed by atoms with Crippen molar-refractivity contribution in [2.24, 2.45) is 0 Å². The van der Waals surface area contributed by atoms with Crippen LogP contribution in [0.3, 0.4) is 0 Å². The summed E-state index contributed by atoms with van der Waals surface area (Å²) in [4.78, 5) is 12.1. The van der Waals surface area contributed by atoms with E-state index in [9.17, 15) is 9.90 Å². The third-order valence-corrected chi connectivity index (χ3v) is 5.04. The zero-order chi connectivity index (χ0) is 18.8. The van der Waals surface area contributed by atoms with Crippen molar-refractivity contribution in [3.63, 3.8) is 0 Å². The summed E-state index contributed by atoms with van der Waals surface area (Å²) in [6, 6.07) is 21.1. The molecule has 2 N–H and O–H groups in total. The minimum Gasteiger partial charge on any atom is -0.508 e. The van der Waals surface area contributed by atoms with Crippen molar-refractivity contribution in [3.8, 4) is 16.9 Å². The lowest BCUT2D eigenvalue weighted by atomic mass is 9.98. The number of phenolic OH excluding ortho intramolecular Hbond substituents is 1. The van der Waals surface area contributed by atoms with Crippen LogP contribution in [0.25, 0.3) is 11.1 Å². The number of hydrogen-bond acceptors (Lipinski definition) is 3. The van der Waals surface area contributed by atoms with Gasteiger partial charge in [0.25, 0.3) is 0 Å².